The molecular formula is C13H9ClN2. The lowest BCUT2D eigenvalue weighted by Crippen LogP contribution is -1.87. The van der Waals surface area contributed by atoms with E-state index < -0.39 is 0 Å². The van der Waals surface area contributed by atoms with Crippen LogP contribution in [0.5, 0.6) is 0 Å². The number of nitrogens with two attached hydrogens (primary N) is 1. The molecule has 0 radical (unpaired) electrons. The Morgan fingerprint density at radius 1 is 1.06 bits per heavy atom. The molecule has 0 fully saturated rings. The van der Waals surface area contributed by atoms with Gasteiger partial charge < -0.3 is 5.73 Å². The summed E-state index contributed by atoms with van der Waals surface area (Å²) in [4.78, 5) is 0. The SMILES string of the molecule is N#Cc1cccc(-c2ccc(N)c(Cl)c2)c1. The second-order valence-corrected chi connectivity index (χ2v) is 3.84. The highest BCUT2D eigenvalue weighted by molar-refractivity contribution is 6.33. The molecule has 0 spiro atoms. The maximum atomic E-state index is 8.81. The van der Waals surface area contributed by atoms with Crippen LogP contribution in [0.1, 0.15) is 5.56 Å². The Balaban J connectivity index is 2.51. The summed E-state index contributed by atoms with van der Waals surface area (Å²) in [6.45, 7) is 0. The van der Waals surface area contributed by atoms with Crippen LogP contribution in [0.3, 0.4) is 0 Å². The van der Waals surface area contributed by atoms with Crippen LogP contribution in [0.25, 0.3) is 11.1 Å². The van der Waals surface area contributed by atoms with Gasteiger partial charge in [0, 0.05) is 0 Å². The Labute approximate surface area is 98.9 Å². The van der Waals surface area contributed by atoms with Crippen molar-refractivity contribution in [2.45, 2.75) is 0 Å². The van der Waals surface area contributed by atoms with E-state index in [9.17, 15) is 0 Å². The van der Waals surface area contributed by atoms with Crippen molar-refractivity contribution >= 4 is 17.3 Å². The van der Waals surface area contributed by atoms with Gasteiger partial charge >= 0.3 is 0 Å². The first-order chi connectivity index (χ1) is 7.70. The monoisotopic (exact) mass is 228 g/mol. The minimum Gasteiger partial charge on any atom is -0.398 e. The predicted octanol–water partition coefficient (Wildman–Crippen LogP) is 3.46. The Kier molecular flexibility index (Phi) is 2.80. The van der Waals surface area contributed by atoms with E-state index in [2.05, 4.69) is 6.07 Å². The molecule has 0 aliphatic heterocycles. The molecular weight excluding hydrogens is 220 g/mol. The van der Waals surface area contributed by atoms with Crippen LogP contribution in [0, 0.1) is 11.3 Å². The van der Waals surface area contributed by atoms with E-state index in [4.69, 9.17) is 22.6 Å². The fourth-order valence-corrected chi connectivity index (χ4v) is 1.66. The molecule has 0 saturated carbocycles. The number of benzene rings is 2. The molecule has 0 heterocycles. The largest absolute Gasteiger partial charge is 0.398 e. The third-order valence-electron chi connectivity index (χ3n) is 2.33. The molecule has 0 saturated heterocycles. The van der Waals surface area contributed by atoms with E-state index in [1.165, 1.54) is 0 Å². The van der Waals surface area contributed by atoms with E-state index in [1.54, 1.807) is 18.2 Å². The van der Waals surface area contributed by atoms with Gasteiger partial charge in [-0.2, -0.15) is 5.26 Å². The standard InChI is InChI=1S/C13H9ClN2/c14-12-7-11(4-5-13(12)16)10-3-1-2-9(6-10)8-15/h1-7H,16H2. The lowest BCUT2D eigenvalue weighted by Gasteiger charge is -2.04. The summed E-state index contributed by atoms with van der Waals surface area (Å²) in [5.74, 6) is 0. The molecule has 2 nitrogen and oxygen atoms in total. The van der Waals surface area contributed by atoms with Crippen LogP contribution in [-0.4, -0.2) is 0 Å². The van der Waals surface area contributed by atoms with E-state index in [-0.39, 0.29) is 0 Å². The highest BCUT2D eigenvalue weighted by Crippen LogP contribution is 2.27. The van der Waals surface area contributed by atoms with Gasteiger partial charge in [0.25, 0.3) is 0 Å². The zero-order valence-electron chi connectivity index (χ0n) is 8.44. The minimum absolute atomic E-state index is 0.528. The number of rotatable bonds is 1. The highest BCUT2D eigenvalue weighted by Gasteiger charge is 2.02. The van der Waals surface area contributed by atoms with Crippen LogP contribution >= 0.6 is 11.6 Å². The second kappa shape index (κ2) is 4.26. The lowest BCUT2D eigenvalue weighted by molar-refractivity contribution is 1.48. The molecule has 2 aromatic rings. The summed E-state index contributed by atoms with van der Waals surface area (Å²) in [5.41, 5.74) is 8.74. The van der Waals surface area contributed by atoms with Gasteiger partial charge in [-0.15, -0.1) is 0 Å². The molecule has 2 aromatic carbocycles. The predicted molar refractivity (Wildman–Crippen MR) is 66.0 cm³/mol. The van der Waals surface area contributed by atoms with E-state index in [0.717, 1.165) is 11.1 Å². The molecule has 16 heavy (non-hydrogen) atoms. The Hall–Kier alpha value is -1.98. The minimum atomic E-state index is 0.528. The molecule has 78 valence electrons. The third-order valence-corrected chi connectivity index (χ3v) is 2.65. The van der Waals surface area contributed by atoms with Crippen LogP contribution in [0.15, 0.2) is 42.5 Å². The number of nitrogens with zero attached hydrogens (tertiary/aromatic N) is 1. The highest BCUT2D eigenvalue weighted by atomic mass is 35.5. The zero-order chi connectivity index (χ0) is 11.5. The first kappa shape index (κ1) is 10.5. The average molecular weight is 229 g/mol. The van der Waals surface area contributed by atoms with E-state index in [1.807, 2.05) is 24.3 Å². The molecule has 0 unspecified atom stereocenters. The molecule has 0 aliphatic carbocycles. The third kappa shape index (κ3) is 2.00. The Morgan fingerprint density at radius 2 is 1.81 bits per heavy atom. The van der Waals surface area contributed by atoms with Crippen LogP contribution in [0.4, 0.5) is 5.69 Å². The molecule has 0 bridgehead atoms. The number of nitrogen functional groups attached to an aromatic ring is 1. The number of hydrogen-bond acceptors (Lipinski definition) is 2. The van der Waals surface area contributed by atoms with Gasteiger partial charge in [-0.1, -0.05) is 29.8 Å². The molecule has 0 aliphatic rings. The van der Waals surface area contributed by atoms with Crippen molar-refractivity contribution in [3.8, 4) is 17.2 Å². The smallest absolute Gasteiger partial charge is 0.0991 e. The van der Waals surface area contributed by atoms with Crippen molar-refractivity contribution in [2.24, 2.45) is 0 Å². The fourth-order valence-electron chi connectivity index (χ4n) is 1.48. The number of hydrogen-bond donors (Lipinski definition) is 1. The molecule has 0 amide bonds. The summed E-state index contributed by atoms with van der Waals surface area (Å²) >= 11 is 5.95. The Morgan fingerprint density at radius 3 is 2.50 bits per heavy atom. The normalized spacial score (nSPS) is 9.75. The van der Waals surface area contributed by atoms with Crippen molar-refractivity contribution in [1.29, 1.82) is 5.26 Å². The van der Waals surface area contributed by atoms with Gasteiger partial charge in [-0.3, -0.25) is 0 Å². The average Bonchev–Trinajstić information content (AvgIpc) is 2.33. The van der Waals surface area contributed by atoms with Crippen molar-refractivity contribution in [3.05, 3.63) is 53.1 Å². The first-order valence-corrected chi connectivity index (χ1v) is 5.14. The van der Waals surface area contributed by atoms with Crippen LogP contribution in [-0.2, 0) is 0 Å². The van der Waals surface area contributed by atoms with Crippen molar-refractivity contribution < 1.29 is 0 Å². The maximum absolute atomic E-state index is 8.81. The number of anilines is 1. The van der Waals surface area contributed by atoms with Crippen molar-refractivity contribution in [1.82, 2.24) is 0 Å². The maximum Gasteiger partial charge on any atom is 0.0991 e. The van der Waals surface area contributed by atoms with Crippen molar-refractivity contribution in [3.63, 3.8) is 0 Å². The molecule has 2 N–H and O–H groups in total. The second-order valence-electron chi connectivity index (χ2n) is 3.43. The summed E-state index contributed by atoms with van der Waals surface area (Å²) in [5, 5.41) is 9.34. The molecule has 0 aromatic heterocycles. The summed E-state index contributed by atoms with van der Waals surface area (Å²) < 4.78 is 0. The number of halogens is 1. The molecule has 0 atom stereocenters. The molecule has 2 rings (SSSR count). The van der Waals surface area contributed by atoms with Gasteiger partial charge in [0.1, 0.15) is 0 Å². The lowest BCUT2D eigenvalue weighted by atomic mass is 10.0. The van der Waals surface area contributed by atoms with Crippen molar-refractivity contribution in [2.75, 3.05) is 5.73 Å². The van der Waals surface area contributed by atoms with Crippen LogP contribution < -0.4 is 5.73 Å². The zero-order valence-corrected chi connectivity index (χ0v) is 9.20. The van der Waals surface area contributed by atoms with Gasteiger partial charge in [0.15, 0.2) is 0 Å². The van der Waals surface area contributed by atoms with Gasteiger partial charge in [-0.25, -0.2) is 0 Å². The quantitative estimate of drug-likeness (QED) is 0.760. The van der Waals surface area contributed by atoms with Crippen LogP contribution in [0.2, 0.25) is 5.02 Å². The summed E-state index contributed by atoms with van der Waals surface area (Å²) in [7, 11) is 0. The molecule has 3 heteroatoms. The topological polar surface area (TPSA) is 49.8 Å². The summed E-state index contributed by atoms with van der Waals surface area (Å²) in [6, 6.07) is 14.9. The van der Waals surface area contributed by atoms with Gasteiger partial charge in [0.05, 0.1) is 22.3 Å². The Bertz CT molecular complexity index is 570. The first-order valence-electron chi connectivity index (χ1n) is 4.76. The van der Waals surface area contributed by atoms with Gasteiger partial charge in [-0.05, 0) is 35.4 Å². The van der Waals surface area contributed by atoms with E-state index >= 15 is 0 Å². The van der Waals surface area contributed by atoms with E-state index in [0.29, 0.717) is 16.3 Å². The van der Waals surface area contributed by atoms with Gasteiger partial charge in [0.2, 0.25) is 0 Å². The fraction of sp³-hybridized carbons (Fsp3) is 0. The summed E-state index contributed by atoms with van der Waals surface area (Å²) in [6.07, 6.45) is 0. The number of nitriles is 1.